The summed E-state index contributed by atoms with van der Waals surface area (Å²) in [6, 6.07) is 3.52. The van der Waals surface area contributed by atoms with E-state index < -0.39 is 0 Å². The van der Waals surface area contributed by atoms with Gasteiger partial charge in [0.1, 0.15) is 17.0 Å². The summed E-state index contributed by atoms with van der Waals surface area (Å²) in [6.45, 7) is 3.36. The second-order valence-electron chi connectivity index (χ2n) is 6.18. The van der Waals surface area contributed by atoms with Gasteiger partial charge in [-0.25, -0.2) is 4.98 Å². The lowest BCUT2D eigenvalue weighted by atomic mass is 10.1. The first kappa shape index (κ1) is 18.6. The lowest BCUT2D eigenvalue weighted by Crippen LogP contribution is -2.07. The van der Waals surface area contributed by atoms with Crippen molar-refractivity contribution in [2.45, 2.75) is 26.3 Å². The average Bonchev–Trinajstić information content (AvgIpc) is 3.05. The summed E-state index contributed by atoms with van der Waals surface area (Å²) in [5.41, 5.74) is 14.5. The van der Waals surface area contributed by atoms with Crippen LogP contribution in [0.4, 0.5) is 17.5 Å². The number of benzene rings is 1. The quantitative estimate of drug-likeness (QED) is 0.407. The smallest absolute Gasteiger partial charge is 0.222 e. The van der Waals surface area contributed by atoms with Gasteiger partial charge < -0.3 is 26.3 Å². The number of nitrogens with one attached hydrogen (secondary N) is 1. The SMILES string of the molecule is CCCCNc1nc(N)nc2cn(Cc3c(OC)cc(N)cc3OC)nc12. The number of ether oxygens (including phenoxy) is 2. The minimum Gasteiger partial charge on any atom is -0.496 e. The lowest BCUT2D eigenvalue weighted by molar-refractivity contribution is 0.382. The number of rotatable bonds is 8. The highest BCUT2D eigenvalue weighted by Crippen LogP contribution is 2.32. The second kappa shape index (κ2) is 7.98. The molecule has 0 radical (unpaired) electrons. The number of hydrogen-bond acceptors (Lipinski definition) is 8. The normalized spacial score (nSPS) is 10.9. The molecule has 3 aromatic rings. The second-order valence-corrected chi connectivity index (χ2v) is 6.18. The zero-order valence-electron chi connectivity index (χ0n) is 15.8. The lowest BCUT2D eigenvalue weighted by Gasteiger charge is -2.14. The van der Waals surface area contributed by atoms with Gasteiger partial charge in [0.2, 0.25) is 5.95 Å². The molecule has 3 rings (SSSR count). The van der Waals surface area contributed by atoms with Crippen LogP contribution in [0, 0.1) is 0 Å². The number of aromatic nitrogens is 4. The molecule has 5 N–H and O–H groups in total. The molecule has 0 amide bonds. The number of methoxy groups -OCH3 is 2. The number of anilines is 3. The topological polar surface area (TPSA) is 126 Å². The number of nitrogens with two attached hydrogens (primary N) is 2. The minimum absolute atomic E-state index is 0.212. The predicted molar refractivity (Wildman–Crippen MR) is 106 cm³/mol. The third-order valence-electron chi connectivity index (χ3n) is 4.20. The summed E-state index contributed by atoms with van der Waals surface area (Å²) >= 11 is 0. The van der Waals surface area contributed by atoms with Gasteiger partial charge in [-0.1, -0.05) is 13.3 Å². The van der Waals surface area contributed by atoms with Gasteiger partial charge in [-0.3, -0.25) is 4.68 Å². The fraction of sp³-hybridized carbons (Fsp3) is 0.389. The molecule has 0 saturated heterocycles. The molecule has 0 unspecified atom stereocenters. The Labute approximate surface area is 157 Å². The summed E-state index contributed by atoms with van der Waals surface area (Å²) in [7, 11) is 3.19. The van der Waals surface area contributed by atoms with E-state index >= 15 is 0 Å². The third kappa shape index (κ3) is 3.97. The van der Waals surface area contributed by atoms with Crippen LogP contribution in [-0.4, -0.2) is 40.5 Å². The van der Waals surface area contributed by atoms with E-state index in [0.29, 0.717) is 40.6 Å². The molecule has 0 fully saturated rings. The van der Waals surface area contributed by atoms with Crippen LogP contribution in [0.5, 0.6) is 11.5 Å². The van der Waals surface area contributed by atoms with Gasteiger partial charge in [0, 0.05) is 24.4 Å². The highest BCUT2D eigenvalue weighted by atomic mass is 16.5. The van der Waals surface area contributed by atoms with E-state index in [4.69, 9.17) is 20.9 Å². The Balaban J connectivity index is 1.98. The van der Waals surface area contributed by atoms with Gasteiger partial charge in [0.05, 0.1) is 32.5 Å². The zero-order valence-corrected chi connectivity index (χ0v) is 15.8. The average molecular weight is 371 g/mol. The first-order chi connectivity index (χ1) is 13.0. The summed E-state index contributed by atoms with van der Waals surface area (Å²) in [5, 5.41) is 7.92. The largest absolute Gasteiger partial charge is 0.496 e. The molecule has 0 aliphatic rings. The van der Waals surface area contributed by atoms with Crippen LogP contribution in [0.25, 0.3) is 11.0 Å². The number of fused-ring (bicyclic) bond motifs is 1. The fourth-order valence-corrected chi connectivity index (χ4v) is 2.89. The molecule has 2 aromatic heterocycles. The molecular weight excluding hydrogens is 346 g/mol. The van der Waals surface area contributed by atoms with E-state index in [-0.39, 0.29) is 5.95 Å². The van der Waals surface area contributed by atoms with Crippen molar-refractivity contribution in [3.63, 3.8) is 0 Å². The number of unbranched alkanes of at least 4 members (excludes halogenated alkanes) is 1. The van der Waals surface area contributed by atoms with Gasteiger partial charge in [-0.2, -0.15) is 10.1 Å². The Morgan fingerprint density at radius 3 is 2.44 bits per heavy atom. The maximum Gasteiger partial charge on any atom is 0.222 e. The van der Waals surface area contributed by atoms with Gasteiger partial charge in [-0.05, 0) is 6.42 Å². The molecule has 27 heavy (non-hydrogen) atoms. The zero-order chi connectivity index (χ0) is 19.4. The van der Waals surface area contributed by atoms with Crippen molar-refractivity contribution in [1.82, 2.24) is 19.7 Å². The van der Waals surface area contributed by atoms with Crippen molar-refractivity contribution in [3.8, 4) is 11.5 Å². The number of hydrogen-bond donors (Lipinski definition) is 3. The predicted octanol–water partition coefficient (Wildman–Crippen LogP) is 2.27. The Kier molecular flexibility index (Phi) is 5.49. The third-order valence-corrected chi connectivity index (χ3v) is 4.20. The number of nitrogens with zero attached hydrogens (tertiary/aromatic N) is 4. The summed E-state index contributed by atoms with van der Waals surface area (Å²) in [6.07, 6.45) is 3.95. The maximum absolute atomic E-state index is 5.91. The van der Waals surface area contributed by atoms with Crippen molar-refractivity contribution >= 4 is 28.5 Å². The molecule has 2 heterocycles. The molecular formula is C18H25N7O2. The highest BCUT2D eigenvalue weighted by Gasteiger charge is 2.16. The first-order valence-corrected chi connectivity index (χ1v) is 8.80. The Bertz CT molecular complexity index is 914. The van der Waals surface area contributed by atoms with Crippen LogP contribution < -0.4 is 26.3 Å². The molecule has 9 heteroatoms. The van der Waals surface area contributed by atoms with Gasteiger partial charge >= 0.3 is 0 Å². The van der Waals surface area contributed by atoms with Gasteiger partial charge in [-0.15, -0.1) is 0 Å². The molecule has 0 atom stereocenters. The van der Waals surface area contributed by atoms with E-state index in [1.165, 1.54) is 0 Å². The molecule has 0 spiro atoms. The van der Waals surface area contributed by atoms with E-state index in [9.17, 15) is 0 Å². The van der Waals surface area contributed by atoms with Crippen molar-refractivity contribution in [2.75, 3.05) is 37.5 Å². The Morgan fingerprint density at radius 1 is 1.11 bits per heavy atom. The van der Waals surface area contributed by atoms with Crippen LogP contribution >= 0.6 is 0 Å². The van der Waals surface area contributed by atoms with Crippen LogP contribution in [0.3, 0.4) is 0 Å². The molecule has 1 aromatic carbocycles. The number of nitrogen functional groups attached to an aromatic ring is 2. The van der Waals surface area contributed by atoms with Crippen molar-refractivity contribution in [2.24, 2.45) is 0 Å². The molecule has 144 valence electrons. The fourth-order valence-electron chi connectivity index (χ4n) is 2.89. The molecule has 0 aliphatic heterocycles. The minimum atomic E-state index is 0.212. The Morgan fingerprint density at radius 2 is 1.81 bits per heavy atom. The van der Waals surface area contributed by atoms with Crippen molar-refractivity contribution in [3.05, 3.63) is 23.9 Å². The van der Waals surface area contributed by atoms with Gasteiger partial charge in [0.25, 0.3) is 0 Å². The molecule has 0 aliphatic carbocycles. The highest BCUT2D eigenvalue weighted by molar-refractivity contribution is 5.85. The van der Waals surface area contributed by atoms with Crippen LogP contribution in [-0.2, 0) is 6.54 Å². The Hall–Kier alpha value is -3.23. The molecule has 9 nitrogen and oxygen atoms in total. The van der Waals surface area contributed by atoms with E-state index in [1.807, 2.05) is 6.20 Å². The van der Waals surface area contributed by atoms with E-state index in [2.05, 4.69) is 27.3 Å². The van der Waals surface area contributed by atoms with Gasteiger partial charge in [0.15, 0.2) is 11.3 Å². The molecule has 0 saturated carbocycles. The summed E-state index contributed by atoms with van der Waals surface area (Å²) in [5.74, 6) is 2.13. The van der Waals surface area contributed by atoms with Crippen LogP contribution in [0.15, 0.2) is 18.3 Å². The van der Waals surface area contributed by atoms with Crippen molar-refractivity contribution in [1.29, 1.82) is 0 Å². The monoisotopic (exact) mass is 371 g/mol. The van der Waals surface area contributed by atoms with E-state index in [1.54, 1.807) is 31.0 Å². The van der Waals surface area contributed by atoms with Crippen LogP contribution in [0.1, 0.15) is 25.3 Å². The van der Waals surface area contributed by atoms with Crippen molar-refractivity contribution < 1.29 is 9.47 Å². The maximum atomic E-state index is 5.91. The molecule has 0 bridgehead atoms. The summed E-state index contributed by atoms with van der Waals surface area (Å²) < 4.78 is 12.7. The van der Waals surface area contributed by atoms with E-state index in [0.717, 1.165) is 24.9 Å². The first-order valence-electron chi connectivity index (χ1n) is 8.80. The standard InChI is InChI=1S/C18H25N7O2/c1-4-5-6-21-17-16-13(22-18(20)23-17)10-25(24-16)9-12-14(26-2)7-11(19)8-15(12)27-3/h7-8,10H,4-6,9,19H2,1-3H3,(H3,20,21,22,23). The van der Waals surface area contributed by atoms with Crippen LogP contribution in [0.2, 0.25) is 0 Å². The summed E-state index contributed by atoms with van der Waals surface area (Å²) in [4.78, 5) is 8.57.